The number of fused-ring (bicyclic) bond motifs is 1. The normalized spacial score (nSPS) is 21.1. The maximum absolute atomic E-state index is 12.8. The first kappa shape index (κ1) is 21.0. The van der Waals surface area contributed by atoms with Gasteiger partial charge in [0, 0.05) is 13.0 Å². The van der Waals surface area contributed by atoms with Gasteiger partial charge in [-0.1, -0.05) is 19.1 Å². The van der Waals surface area contributed by atoms with Crippen LogP contribution < -0.4 is 5.32 Å². The van der Waals surface area contributed by atoms with Crippen molar-refractivity contribution in [3.8, 4) is 0 Å². The molecule has 2 aliphatic heterocycles. The van der Waals surface area contributed by atoms with E-state index in [1.165, 1.54) is 0 Å². The minimum atomic E-state index is -0.415. The van der Waals surface area contributed by atoms with Crippen molar-refractivity contribution >= 4 is 23.2 Å². The van der Waals surface area contributed by atoms with Gasteiger partial charge in [0.05, 0.1) is 38.4 Å². The van der Waals surface area contributed by atoms with Gasteiger partial charge in [-0.25, -0.2) is 4.68 Å². The number of likely N-dealkylation sites (tertiary alicyclic amines) is 1. The zero-order valence-electron chi connectivity index (χ0n) is 17.6. The molecule has 1 spiro atoms. The number of nitrogens with zero attached hydrogens (tertiary/aromatic N) is 4. The highest BCUT2D eigenvalue weighted by atomic mass is 32.1. The van der Waals surface area contributed by atoms with E-state index in [1.807, 2.05) is 40.3 Å². The van der Waals surface area contributed by atoms with Crippen LogP contribution in [0.15, 0.2) is 16.8 Å². The summed E-state index contributed by atoms with van der Waals surface area (Å²) in [6.45, 7) is 6.73. The van der Waals surface area contributed by atoms with Gasteiger partial charge in [-0.05, 0) is 41.1 Å². The lowest BCUT2D eigenvalue weighted by Crippen LogP contribution is -2.55. The first-order valence-corrected chi connectivity index (χ1v) is 11.5. The Morgan fingerprint density at radius 2 is 2.23 bits per heavy atom. The molecule has 1 saturated heterocycles. The molecule has 0 aromatic carbocycles. The summed E-state index contributed by atoms with van der Waals surface area (Å²) >= 11 is 1.61. The molecule has 0 saturated carbocycles. The SMILES string of the molecule is CC(C)CC(=O)NCc1nnn2c1COC1(CCCN(C(=O)Cc3ccsc3)C1)C2. The van der Waals surface area contributed by atoms with Crippen LogP contribution in [0.1, 0.15) is 50.1 Å². The summed E-state index contributed by atoms with van der Waals surface area (Å²) in [5.74, 6) is 0.486. The van der Waals surface area contributed by atoms with E-state index >= 15 is 0 Å². The molecule has 4 rings (SSSR count). The zero-order chi connectivity index (χ0) is 21.1. The standard InChI is InChI=1S/C21H29N5O3S/c1-15(2)8-19(27)22-10-17-18-11-29-21(14-26(18)24-23-17)5-3-6-25(13-21)20(28)9-16-4-7-30-12-16/h4,7,12,15H,3,5-6,8-11,13-14H2,1-2H3,(H,22,27). The van der Waals surface area contributed by atoms with Gasteiger partial charge in [-0.15, -0.1) is 5.10 Å². The van der Waals surface area contributed by atoms with E-state index in [0.717, 1.165) is 36.3 Å². The smallest absolute Gasteiger partial charge is 0.227 e. The second-order valence-electron chi connectivity index (χ2n) is 8.71. The average molecular weight is 432 g/mol. The Bertz CT molecular complexity index is 895. The quantitative estimate of drug-likeness (QED) is 0.757. The van der Waals surface area contributed by atoms with E-state index in [-0.39, 0.29) is 11.8 Å². The molecule has 2 amide bonds. The number of nitrogens with one attached hydrogen (secondary N) is 1. The second kappa shape index (κ2) is 8.85. The van der Waals surface area contributed by atoms with Gasteiger partial charge in [0.15, 0.2) is 0 Å². The third kappa shape index (κ3) is 4.73. The lowest BCUT2D eigenvalue weighted by molar-refractivity contribution is -0.152. The molecule has 1 N–H and O–H groups in total. The van der Waals surface area contributed by atoms with Crippen LogP contribution in [0.25, 0.3) is 0 Å². The van der Waals surface area contributed by atoms with Crippen LogP contribution in [0, 0.1) is 5.92 Å². The number of piperidine rings is 1. The number of hydrogen-bond acceptors (Lipinski definition) is 6. The third-order valence-electron chi connectivity index (χ3n) is 5.75. The van der Waals surface area contributed by atoms with E-state index < -0.39 is 5.60 Å². The van der Waals surface area contributed by atoms with Crippen molar-refractivity contribution in [1.82, 2.24) is 25.2 Å². The van der Waals surface area contributed by atoms with Crippen molar-refractivity contribution in [2.24, 2.45) is 5.92 Å². The highest BCUT2D eigenvalue weighted by Crippen LogP contribution is 2.32. The van der Waals surface area contributed by atoms with Crippen LogP contribution in [0.5, 0.6) is 0 Å². The van der Waals surface area contributed by atoms with Gasteiger partial charge in [-0.3, -0.25) is 9.59 Å². The van der Waals surface area contributed by atoms with Crippen LogP contribution in [0.4, 0.5) is 0 Å². The Hall–Kier alpha value is -2.26. The molecule has 1 fully saturated rings. The molecule has 2 aliphatic rings. The third-order valence-corrected chi connectivity index (χ3v) is 6.48. The van der Waals surface area contributed by atoms with Crippen LogP contribution in [-0.2, 0) is 40.4 Å². The maximum Gasteiger partial charge on any atom is 0.227 e. The van der Waals surface area contributed by atoms with Gasteiger partial charge in [0.2, 0.25) is 11.8 Å². The summed E-state index contributed by atoms with van der Waals surface area (Å²) in [4.78, 5) is 26.6. The van der Waals surface area contributed by atoms with Crippen LogP contribution >= 0.6 is 11.3 Å². The van der Waals surface area contributed by atoms with Crippen molar-refractivity contribution < 1.29 is 14.3 Å². The molecule has 0 radical (unpaired) electrons. The zero-order valence-corrected chi connectivity index (χ0v) is 18.4. The molecule has 2 aromatic rings. The van der Waals surface area contributed by atoms with Gasteiger partial charge >= 0.3 is 0 Å². The maximum atomic E-state index is 12.8. The Balaban J connectivity index is 1.38. The number of carbonyl (C=O) groups is 2. The molecular weight excluding hydrogens is 402 g/mol. The van der Waals surface area contributed by atoms with Crippen LogP contribution in [0.2, 0.25) is 0 Å². The molecule has 4 heterocycles. The van der Waals surface area contributed by atoms with Crippen molar-refractivity contribution in [3.05, 3.63) is 33.8 Å². The molecule has 0 aliphatic carbocycles. The fourth-order valence-corrected chi connectivity index (χ4v) is 4.86. The van der Waals surface area contributed by atoms with E-state index in [4.69, 9.17) is 4.74 Å². The molecule has 0 bridgehead atoms. The van der Waals surface area contributed by atoms with Crippen LogP contribution in [0.3, 0.4) is 0 Å². The number of rotatable bonds is 6. The van der Waals surface area contributed by atoms with Gasteiger partial charge in [-0.2, -0.15) is 11.3 Å². The highest BCUT2D eigenvalue weighted by Gasteiger charge is 2.42. The van der Waals surface area contributed by atoms with E-state index in [2.05, 4.69) is 15.6 Å². The summed E-state index contributed by atoms with van der Waals surface area (Å²) in [6.07, 6.45) is 2.75. The first-order chi connectivity index (χ1) is 14.4. The van der Waals surface area contributed by atoms with Crippen molar-refractivity contribution in [3.63, 3.8) is 0 Å². The summed E-state index contributed by atoms with van der Waals surface area (Å²) < 4.78 is 8.20. The number of carbonyl (C=O) groups excluding carboxylic acids is 2. The number of aromatic nitrogens is 3. The molecule has 1 unspecified atom stereocenters. The highest BCUT2D eigenvalue weighted by molar-refractivity contribution is 7.08. The Morgan fingerprint density at radius 1 is 1.37 bits per heavy atom. The monoisotopic (exact) mass is 431 g/mol. The predicted molar refractivity (Wildman–Crippen MR) is 113 cm³/mol. The van der Waals surface area contributed by atoms with E-state index in [0.29, 0.717) is 45.0 Å². The summed E-state index contributed by atoms with van der Waals surface area (Å²) in [5.41, 5.74) is 2.31. The van der Waals surface area contributed by atoms with Crippen molar-refractivity contribution in [2.75, 3.05) is 13.1 Å². The fraction of sp³-hybridized carbons (Fsp3) is 0.619. The van der Waals surface area contributed by atoms with E-state index in [1.54, 1.807) is 11.3 Å². The van der Waals surface area contributed by atoms with Crippen molar-refractivity contribution in [2.45, 2.75) is 64.8 Å². The lowest BCUT2D eigenvalue weighted by atomic mass is 9.91. The Kier molecular flexibility index (Phi) is 6.19. The molecule has 1 atom stereocenters. The Morgan fingerprint density at radius 3 is 3.00 bits per heavy atom. The minimum absolute atomic E-state index is 0.0204. The number of amides is 2. The van der Waals surface area contributed by atoms with Crippen molar-refractivity contribution in [1.29, 1.82) is 0 Å². The summed E-state index contributed by atoms with van der Waals surface area (Å²) in [7, 11) is 0. The number of thiophene rings is 1. The fourth-order valence-electron chi connectivity index (χ4n) is 4.19. The van der Waals surface area contributed by atoms with E-state index in [9.17, 15) is 9.59 Å². The average Bonchev–Trinajstić information content (AvgIpc) is 3.35. The second-order valence-corrected chi connectivity index (χ2v) is 9.49. The lowest BCUT2D eigenvalue weighted by Gasteiger charge is -2.44. The molecule has 9 heteroatoms. The van der Waals surface area contributed by atoms with Gasteiger partial charge in [0.25, 0.3) is 0 Å². The Labute approximate surface area is 180 Å². The molecule has 30 heavy (non-hydrogen) atoms. The topological polar surface area (TPSA) is 89.3 Å². The number of ether oxygens (including phenoxy) is 1. The van der Waals surface area contributed by atoms with Crippen LogP contribution in [-0.4, -0.2) is 50.4 Å². The number of hydrogen-bond donors (Lipinski definition) is 1. The predicted octanol–water partition coefficient (Wildman–Crippen LogP) is 2.14. The van der Waals surface area contributed by atoms with Gasteiger partial charge in [0.1, 0.15) is 11.3 Å². The summed E-state index contributed by atoms with van der Waals surface area (Å²) in [5, 5.41) is 15.5. The van der Waals surface area contributed by atoms with Gasteiger partial charge < -0.3 is 15.0 Å². The largest absolute Gasteiger partial charge is 0.365 e. The molecule has 2 aromatic heterocycles. The minimum Gasteiger partial charge on any atom is -0.365 e. The molecule has 8 nitrogen and oxygen atoms in total. The first-order valence-electron chi connectivity index (χ1n) is 10.5. The molecule has 162 valence electrons. The molecular formula is C21H29N5O3S. The summed E-state index contributed by atoms with van der Waals surface area (Å²) in [6, 6.07) is 2.00.